The number of hydrogen-bond acceptors (Lipinski definition) is 5. The van der Waals surface area contributed by atoms with Crippen molar-refractivity contribution in [3.8, 4) is 11.5 Å². The van der Waals surface area contributed by atoms with Gasteiger partial charge in [-0.25, -0.2) is 0 Å². The van der Waals surface area contributed by atoms with Gasteiger partial charge >= 0.3 is 0 Å². The van der Waals surface area contributed by atoms with Gasteiger partial charge in [0.05, 0.1) is 24.3 Å². The third-order valence-corrected chi connectivity index (χ3v) is 6.03. The number of carbonyl (C=O) groups is 2. The van der Waals surface area contributed by atoms with Gasteiger partial charge in [-0.15, -0.1) is 0 Å². The van der Waals surface area contributed by atoms with Crippen molar-refractivity contribution >= 4 is 23.1 Å². The Labute approximate surface area is 211 Å². The second-order valence-corrected chi connectivity index (χ2v) is 8.89. The standard InChI is InChI=1S/C30H31NO5/c1-5-20-13-15-21(16-14-20)28(32)26-27(22-9-7-12-25(17-22)36-19(3)4)31(30(34)29(26)33)23-10-8-11-24(18-23)35-6-2/h7-19,27,32H,5-6H2,1-4H3/b28-26+. The van der Waals surface area contributed by atoms with E-state index in [1.54, 1.807) is 36.4 Å². The molecular weight excluding hydrogens is 454 g/mol. The maximum absolute atomic E-state index is 13.4. The van der Waals surface area contributed by atoms with Crippen LogP contribution in [-0.4, -0.2) is 29.5 Å². The lowest BCUT2D eigenvalue weighted by Crippen LogP contribution is -2.29. The van der Waals surface area contributed by atoms with Crippen LogP contribution in [0.3, 0.4) is 0 Å². The van der Waals surface area contributed by atoms with Crippen molar-refractivity contribution in [2.75, 3.05) is 11.5 Å². The van der Waals surface area contributed by atoms with Crippen LogP contribution in [0.2, 0.25) is 0 Å². The van der Waals surface area contributed by atoms with Crippen molar-refractivity contribution in [3.05, 3.63) is 95.1 Å². The fourth-order valence-corrected chi connectivity index (χ4v) is 4.39. The number of aliphatic hydroxyl groups is 1. The van der Waals surface area contributed by atoms with Crippen molar-refractivity contribution in [1.82, 2.24) is 0 Å². The van der Waals surface area contributed by atoms with E-state index in [2.05, 4.69) is 0 Å². The van der Waals surface area contributed by atoms with Gasteiger partial charge in [0.2, 0.25) is 0 Å². The summed E-state index contributed by atoms with van der Waals surface area (Å²) in [6.07, 6.45) is 0.802. The van der Waals surface area contributed by atoms with Crippen LogP contribution >= 0.6 is 0 Å². The maximum atomic E-state index is 13.4. The fraction of sp³-hybridized carbons (Fsp3) is 0.267. The fourth-order valence-electron chi connectivity index (χ4n) is 4.39. The summed E-state index contributed by atoms with van der Waals surface area (Å²) in [6.45, 7) is 8.25. The van der Waals surface area contributed by atoms with E-state index >= 15 is 0 Å². The van der Waals surface area contributed by atoms with E-state index < -0.39 is 17.7 Å². The molecule has 1 aliphatic heterocycles. The first-order chi connectivity index (χ1) is 17.3. The molecule has 6 heteroatoms. The Bertz CT molecular complexity index is 1290. The average Bonchev–Trinajstić information content (AvgIpc) is 3.14. The number of carbonyl (C=O) groups excluding carboxylic acids is 2. The Morgan fingerprint density at radius 2 is 1.64 bits per heavy atom. The van der Waals surface area contributed by atoms with Crippen LogP contribution in [0.4, 0.5) is 5.69 Å². The van der Waals surface area contributed by atoms with E-state index in [1.165, 1.54) is 4.90 Å². The quantitative estimate of drug-likeness (QED) is 0.238. The summed E-state index contributed by atoms with van der Waals surface area (Å²) >= 11 is 0. The predicted molar refractivity (Wildman–Crippen MR) is 140 cm³/mol. The first-order valence-corrected chi connectivity index (χ1v) is 12.2. The van der Waals surface area contributed by atoms with Crippen molar-refractivity contribution < 1.29 is 24.2 Å². The van der Waals surface area contributed by atoms with Crippen LogP contribution in [0.5, 0.6) is 11.5 Å². The van der Waals surface area contributed by atoms with E-state index in [-0.39, 0.29) is 17.4 Å². The molecule has 0 aromatic heterocycles. The summed E-state index contributed by atoms with van der Waals surface area (Å²) in [7, 11) is 0. The Morgan fingerprint density at radius 1 is 0.944 bits per heavy atom. The SMILES string of the molecule is CCOc1cccc(N2C(=O)C(=O)/C(=C(/O)c3ccc(CC)cc3)C2c2cccc(OC(C)C)c2)c1. The lowest BCUT2D eigenvalue weighted by atomic mass is 9.94. The highest BCUT2D eigenvalue weighted by molar-refractivity contribution is 6.51. The molecule has 1 unspecified atom stereocenters. The maximum Gasteiger partial charge on any atom is 0.300 e. The molecule has 0 spiro atoms. The van der Waals surface area contributed by atoms with Gasteiger partial charge < -0.3 is 14.6 Å². The molecule has 1 atom stereocenters. The molecule has 0 aliphatic carbocycles. The van der Waals surface area contributed by atoms with E-state index in [0.29, 0.717) is 34.9 Å². The molecule has 0 radical (unpaired) electrons. The molecular formula is C30H31NO5. The largest absolute Gasteiger partial charge is 0.507 e. The van der Waals surface area contributed by atoms with Gasteiger partial charge in [0, 0.05) is 17.3 Å². The first-order valence-electron chi connectivity index (χ1n) is 12.2. The molecule has 1 amide bonds. The van der Waals surface area contributed by atoms with Crippen molar-refractivity contribution in [2.45, 2.75) is 46.3 Å². The van der Waals surface area contributed by atoms with Crippen LogP contribution in [-0.2, 0) is 16.0 Å². The highest BCUT2D eigenvalue weighted by Crippen LogP contribution is 2.43. The number of Topliss-reactive ketones (excluding diaryl/α,β-unsaturated/α-hetero) is 1. The third kappa shape index (κ3) is 4.98. The molecule has 6 nitrogen and oxygen atoms in total. The second-order valence-electron chi connectivity index (χ2n) is 8.89. The number of amides is 1. The van der Waals surface area contributed by atoms with Crippen LogP contribution in [0.25, 0.3) is 5.76 Å². The topological polar surface area (TPSA) is 76.1 Å². The van der Waals surface area contributed by atoms with Gasteiger partial charge in [-0.05, 0) is 62.6 Å². The highest BCUT2D eigenvalue weighted by atomic mass is 16.5. The molecule has 186 valence electrons. The van der Waals surface area contributed by atoms with Gasteiger partial charge in [-0.3, -0.25) is 14.5 Å². The number of ether oxygens (including phenoxy) is 2. The number of nitrogens with zero attached hydrogens (tertiary/aromatic N) is 1. The summed E-state index contributed by atoms with van der Waals surface area (Å²) in [5.74, 6) is -0.463. The van der Waals surface area contributed by atoms with Crippen LogP contribution < -0.4 is 14.4 Å². The zero-order valence-corrected chi connectivity index (χ0v) is 21.0. The zero-order chi connectivity index (χ0) is 25.8. The van der Waals surface area contributed by atoms with E-state index in [0.717, 1.165) is 12.0 Å². The van der Waals surface area contributed by atoms with Gasteiger partial charge in [0.1, 0.15) is 17.3 Å². The number of ketones is 1. The summed E-state index contributed by atoms with van der Waals surface area (Å²) < 4.78 is 11.5. The molecule has 0 saturated carbocycles. The first kappa shape index (κ1) is 25.0. The van der Waals surface area contributed by atoms with E-state index in [4.69, 9.17) is 9.47 Å². The molecule has 1 heterocycles. The van der Waals surface area contributed by atoms with Crippen molar-refractivity contribution in [3.63, 3.8) is 0 Å². The number of benzene rings is 3. The summed E-state index contributed by atoms with van der Waals surface area (Å²) in [5, 5.41) is 11.3. The smallest absolute Gasteiger partial charge is 0.300 e. The van der Waals surface area contributed by atoms with Crippen LogP contribution in [0.1, 0.15) is 50.4 Å². The monoisotopic (exact) mass is 485 g/mol. The molecule has 36 heavy (non-hydrogen) atoms. The number of aryl methyl sites for hydroxylation is 1. The van der Waals surface area contributed by atoms with Gasteiger partial charge in [0.15, 0.2) is 0 Å². The molecule has 4 rings (SSSR count). The number of aliphatic hydroxyl groups excluding tert-OH is 1. The van der Waals surface area contributed by atoms with Crippen LogP contribution in [0.15, 0.2) is 78.4 Å². The molecule has 1 aliphatic rings. The predicted octanol–water partition coefficient (Wildman–Crippen LogP) is 6.06. The molecule has 3 aromatic carbocycles. The van der Waals surface area contributed by atoms with Crippen molar-refractivity contribution in [1.29, 1.82) is 0 Å². The molecule has 0 bridgehead atoms. The second kappa shape index (κ2) is 10.7. The van der Waals surface area contributed by atoms with Gasteiger partial charge in [0.25, 0.3) is 11.7 Å². The average molecular weight is 486 g/mol. The van der Waals surface area contributed by atoms with Crippen LogP contribution in [0, 0.1) is 0 Å². The number of hydrogen-bond donors (Lipinski definition) is 1. The van der Waals surface area contributed by atoms with E-state index in [9.17, 15) is 14.7 Å². The minimum absolute atomic E-state index is 0.0350. The molecule has 3 aromatic rings. The number of rotatable bonds is 8. The van der Waals surface area contributed by atoms with Gasteiger partial charge in [-0.1, -0.05) is 49.4 Å². The Kier molecular flexibility index (Phi) is 7.44. The normalized spacial score (nSPS) is 17.0. The summed E-state index contributed by atoms with van der Waals surface area (Å²) in [5.41, 5.74) is 2.78. The Morgan fingerprint density at radius 3 is 2.31 bits per heavy atom. The minimum Gasteiger partial charge on any atom is -0.507 e. The Balaban J connectivity index is 1.90. The Hall–Kier alpha value is -4.06. The summed E-state index contributed by atoms with van der Waals surface area (Å²) in [6, 6.07) is 20.9. The van der Waals surface area contributed by atoms with Crippen molar-refractivity contribution in [2.24, 2.45) is 0 Å². The van der Waals surface area contributed by atoms with Gasteiger partial charge in [-0.2, -0.15) is 0 Å². The third-order valence-electron chi connectivity index (χ3n) is 6.03. The summed E-state index contributed by atoms with van der Waals surface area (Å²) in [4.78, 5) is 28.3. The number of anilines is 1. The highest BCUT2D eigenvalue weighted by Gasteiger charge is 2.47. The van der Waals surface area contributed by atoms with E-state index in [1.807, 2.05) is 64.1 Å². The molecule has 1 saturated heterocycles. The minimum atomic E-state index is -0.844. The zero-order valence-electron chi connectivity index (χ0n) is 21.0. The lowest BCUT2D eigenvalue weighted by molar-refractivity contribution is -0.132. The lowest BCUT2D eigenvalue weighted by Gasteiger charge is -2.26. The molecule has 1 fully saturated rings. The molecule has 1 N–H and O–H groups in total.